The largest absolute Gasteiger partial charge is 0.338 e. The first-order valence-electron chi connectivity index (χ1n) is 7.21. The number of hydrogen-bond acceptors (Lipinski definition) is 3. The van der Waals surface area contributed by atoms with E-state index in [-0.39, 0.29) is 5.91 Å². The number of anilines is 1. The molecule has 0 radical (unpaired) electrons. The average Bonchev–Trinajstić information content (AvgIpc) is 2.35. The third kappa shape index (κ3) is 4.53. The van der Waals surface area contributed by atoms with Gasteiger partial charge in [0, 0.05) is 13.1 Å². The topological polar surface area (TPSA) is 58.4 Å². The minimum atomic E-state index is 0.0420. The highest BCUT2D eigenvalue weighted by molar-refractivity contribution is 5.99. The van der Waals surface area contributed by atoms with Crippen molar-refractivity contribution in [3.8, 4) is 0 Å². The van der Waals surface area contributed by atoms with Crippen molar-refractivity contribution in [1.29, 1.82) is 0 Å². The van der Waals surface area contributed by atoms with Crippen LogP contribution in [-0.2, 0) is 0 Å². The number of amides is 1. The summed E-state index contributed by atoms with van der Waals surface area (Å²) in [4.78, 5) is 14.7. The zero-order valence-electron chi connectivity index (χ0n) is 13.2. The van der Waals surface area contributed by atoms with Crippen LogP contribution >= 0.6 is 0 Å². The van der Waals surface area contributed by atoms with Gasteiger partial charge in [-0.25, -0.2) is 0 Å². The standard InChI is InChI=1S/C16H27N3O/c1-11(2)9-19(10-12(3)4)16(20)14-7-6-13(5)8-15(14)18-17/h6-8,11-12,18H,9-10,17H2,1-5H3. The molecular formula is C16H27N3O. The summed E-state index contributed by atoms with van der Waals surface area (Å²) in [5.74, 6) is 6.47. The second-order valence-electron chi connectivity index (χ2n) is 6.19. The van der Waals surface area contributed by atoms with E-state index in [2.05, 4.69) is 33.1 Å². The molecule has 4 heteroatoms. The molecule has 0 saturated heterocycles. The lowest BCUT2D eigenvalue weighted by molar-refractivity contribution is 0.0716. The second kappa shape index (κ2) is 7.29. The van der Waals surface area contributed by atoms with Gasteiger partial charge in [0.1, 0.15) is 0 Å². The number of carbonyl (C=O) groups excluding carboxylic acids is 1. The van der Waals surface area contributed by atoms with E-state index in [0.717, 1.165) is 18.7 Å². The number of carbonyl (C=O) groups is 1. The van der Waals surface area contributed by atoms with Crippen molar-refractivity contribution < 1.29 is 4.79 Å². The molecule has 0 aliphatic carbocycles. The fourth-order valence-corrected chi connectivity index (χ4v) is 2.26. The maximum absolute atomic E-state index is 12.7. The molecule has 0 unspecified atom stereocenters. The monoisotopic (exact) mass is 277 g/mol. The van der Waals surface area contributed by atoms with Crippen LogP contribution in [0.1, 0.15) is 43.6 Å². The molecule has 20 heavy (non-hydrogen) atoms. The van der Waals surface area contributed by atoms with Crippen molar-refractivity contribution in [3.05, 3.63) is 29.3 Å². The Bertz CT molecular complexity index is 445. The van der Waals surface area contributed by atoms with Crippen molar-refractivity contribution >= 4 is 11.6 Å². The molecule has 0 saturated carbocycles. The summed E-state index contributed by atoms with van der Waals surface area (Å²) in [5, 5.41) is 0. The van der Waals surface area contributed by atoms with Crippen LogP contribution in [0.4, 0.5) is 5.69 Å². The van der Waals surface area contributed by atoms with Gasteiger partial charge in [-0.1, -0.05) is 33.8 Å². The highest BCUT2D eigenvalue weighted by atomic mass is 16.2. The summed E-state index contributed by atoms with van der Waals surface area (Å²) < 4.78 is 0. The molecule has 0 aliphatic rings. The van der Waals surface area contributed by atoms with Crippen molar-refractivity contribution in [2.75, 3.05) is 18.5 Å². The van der Waals surface area contributed by atoms with Crippen LogP contribution in [0.25, 0.3) is 0 Å². The third-order valence-electron chi connectivity index (χ3n) is 3.02. The van der Waals surface area contributed by atoms with E-state index >= 15 is 0 Å². The van der Waals surface area contributed by atoms with Crippen LogP contribution in [0, 0.1) is 18.8 Å². The molecule has 0 heterocycles. The number of aryl methyl sites for hydroxylation is 1. The molecule has 0 spiro atoms. The molecule has 1 rings (SSSR count). The van der Waals surface area contributed by atoms with E-state index in [1.54, 1.807) is 0 Å². The molecule has 0 aromatic heterocycles. The lowest BCUT2D eigenvalue weighted by Gasteiger charge is -2.27. The Kier molecular flexibility index (Phi) is 6.02. The molecule has 112 valence electrons. The molecule has 0 bridgehead atoms. The zero-order chi connectivity index (χ0) is 15.3. The number of rotatable bonds is 6. The number of hydrazine groups is 1. The molecular weight excluding hydrogens is 250 g/mol. The molecule has 4 nitrogen and oxygen atoms in total. The van der Waals surface area contributed by atoms with E-state index in [4.69, 9.17) is 5.84 Å². The fraction of sp³-hybridized carbons (Fsp3) is 0.562. The second-order valence-corrected chi connectivity index (χ2v) is 6.19. The van der Waals surface area contributed by atoms with Crippen LogP contribution in [0.5, 0.6) is 0 Å². The van der Waals surface area contributed by atoms with Gasteiger partial charge in [-0.05, 0) is 36.5 Å². The summed E-state index contributed by atoms with van der Waals surface area (Å²) in [6.07, 6.45) is 0. The SMILES string of the molecule is Cc1ccc(C(=O)N(CC(C)C)CC(C)C)c(NN)c1. The van der Waals surface area contributed by atoms with Crippen LogP contribution < -0.4 is 11.3 Å². The summed E-state index contributed by atoms with van der Waals surface area (Å²) in [6.45, 7) is 12.0. The summed E-state index contributed by atoms with van der Waals surface area (Å²) in [6, 6.07) is 5.69. The Balaban J connectivity index is 3.04. The molecule has 1 aromatic rings. The van der Waals surface area contributed by atoms with Gasteiger partial charge in [-0.2, -0.15) is 0 Å². The quantitative estimate of drug-likeness (QED) is 0.620. The lowest BCUT2D eigenvalue weighted by Crippen LogP contribution is -2.37. The minimum absolute atomic E-state index is 0.0420. The molecule has 3 N–H and O–H groups in total. The van der Waals surface area contributed by atoms with Gasteiger partial charge in [0.15, 0.2) is 0 Å². The third-order valence-corrected chi connectivity index (χ3v) is 3.02. The van der Waals surface area contributed by atoms with E-state index in [1.165, 1.54) is 0 Å². The predicted octanol–water partition coefficient (Wildman–Crippen LogP) is 3.03. The number of benzene rings is 1. The highest BCUT2D eigenvalue weighted by Gasteiger charge is 2.20. The minimum Gasteiger partial charge on any atom is -0.338 e. The Morgan fingerprint density at radius 3 is 2.20 bits per heavy atom. The number of nitrogens with one attached hydrogen (secondary N) is 1. The van der Waals surface area contributed by atoms with E-state index in [0.29, 0.717) is 23.1 Å². The fourth-order valence-electron chi connectivity index (χ4n) is 2.26. The van der Waals surface area contributed by atoms with Gasteiger partial charge < -0.3 is 10.3 Å². The Hall–Kier alpha value is -1.55. The predicted molar refractivity (Wildman–Crippen MR) is 84.6 cm³/mol. The first kappa shape index (κ1) is 16.5. The Morgan fingerprint density at radius 1 is 1.20 bits per heavy atom. The van der Waals surface area contributed by atoms with Gasteiger partial charge in [-0.3, -0.25) is 10.6 Å². The summed E-state index contributed by atoms with van der Waals surface area (Å²) in [7, 11) is 0. The molecule has 0 aliphatic heterocycles. The summed E-state index contributed by atoms with van der Waals surface area (Å²) in [5.41, 5.74) is 5.03. The number of nitrogens with zero attached hydrogens (tertiary/aromatic N) is 1. The number of nitrogens with two attached hydrogens (primary N) is 1. The lowest BCUT2D eigenvalue weighted by atomic mass is 10.1. The maximum atomic E-state index is 12.7. The number of hydrogen-bond donors (Lipinski definition) is 2. The van der Waals surface area contributed by atoms with Crippen molar-refractivity contribution in [3.63, 3.8) is 0 Å². The number of nitrogen functional groups attached to an aromatic ring is 1. The Morgan fingerprint density at radius 2 is 1.75 bits per heavy atom. The Labute approximate surface area is 122 Å². The van der Waals surface area contributed by atoms with Crippen LogP contribution in [0.3, 0.4) is 0 Å². The van der Waals surface area contributed by atoms with Crippen molar-refractivity contribution in [2.24, 2.45) is 17.7 Å². The maximum Gasteiger partial charge on any atom is 0.256 e. The van der Waals surface area contributed by atoms with Crippen LogP contribution in [-0.4, -0.2) is 23.9 Å². The first-order chi connectivity index (χ1) is 9.35. The van der Waals surface area contributed by atoms with Gasteiger partial charge in [0.05, 0.1) is 11.3 Å². The normalized spacial score (nSPS) is 11.0. The van der Waals surface area contributed by atoms with Crippen LogP contribution in [0.2, 0.25) is 0 Å². The van der Waals surface area contributed by atoms with E-state index in [1.807, 2.05) is 30.0 Å². The highest BCUT2D eigenvalue weighted by Crippen LogP contribution is 2.20. The van der Waals surface area contributed by atoms with Gasteiger partial charge in [-0.15, -0.1) is 0 Å². The van der Waals surface area contributed by atoms with Crippen molar-refractivity contribution in [2.45, 2.75) is 34.6 Å². The smallest absolute Gasteiger partial charge is 0.256 e. The molecule has 0 atom stereocenters. The van der Waals surface area contributed by atoms with Gasteiger partial charge in [0.2, 0.25) is 0 Å². The van der Waals surface area contributed by atoms with E-state index in [9.17, 15) is 4.79 Å². The average molecular weight is 277 g/mol. The van der Waals surface area contributed by atoms with Crippen LogP contribution in [0.15, 0.2) is 18.2 Å². The van der Waals surface area contributed by atoms with E-state index < -0.39 is 0 Å². The van der Waals surface area contributed by atoms with Gasteiger partial charge >= 0.3 is 0 Å². The molecule has 1 amide bonds. The molecule has 1 aromatic carbocycles. The van der Waals surface area contributed by atoms with Crippen molar-refractivity contribution in [1.82, 2.24) is 4.90 Å². The first-order valence-corrected chi connectivity index (χ1v) is 7.21. The molecule has 0 fully saturated rings. The summed E-state index contributed by atoms with van der Waals surface area (Å²) >= 11 is 0. The zero-order valence-corrected chi connectivity index (χ0v) is 13.2. The van der Waals surface area contributed by atoms with Gasteiger partial charge in [0.25, 0.3) is 5.91 Å².